The predicted octanol–water partition coefficient (Wildman–Crippen LogP) is 2.95. The highest BCUT2D eigenvalue weighted by atomic mass is 16.2. The lowest BCUT2D eigenvalue weighted by Gasteiger charge is -2.39. The molecule has 1 amide bonds. The number of carbonyl (C=O) groups excluding carboxylic acids is 1. The number of nitrogens with zero attached hydrogens (tertiary/aromatic N) is 1. The molecule has 0 spiro atoms. The first-order chi connectivity index (χ1) is 9.58. The Kier molecular flexibility index (Phi) is 4.07. The van der Waals surface area contributed by atoms with E-state index in [-0.39, 0.29) is 0 Å². The standard InChI is InChI=1S/C17H30N2O/c1-3-17(2)6-8-19(9-7-17)16(20)12-13-10-14-4-5-15(11-13)18-14/h13-15,18H,3-12H2,1-2H3. The van der Waals surface area contributed by atoms with Gasteiger partial charge >= 0.3 is 0 Å². The third-order valence-electron chi connectivity index (χ3n) is 6.21. The highest BCUT2D eigenvalue weighted by Gasteiger charge is 2.36. The quantitative estimate of drug-likeness (QED) is 0.861. The van der Waals surface area contributed by atoms with Crippen LogP contribution in [0.15, 0.2) is 0 Å². The van der Waals surface area contributed by atoms with Gasteiger partial charge in [-0.15, -0.1) is 0 Å². The van der Waals surface area contributed by atoms with Crippen LogP contribution < -0.4 is 5.32 Å². The van der Waals surface area contributed by atoms with E-state index in [1.54, 1.807) is 0 Å². The lowest BCUT2D eigenvalue weighted by Crippen LogP contribution is -2.44. The Morgan fingerprint density at radius 1 is 1.20 bits per heavy atom. The van der Waals surface area contributed by atoms with Gasteiger partial charge in [0, 0.05) is 31.6 Å². The van der Waals surface area contributed by atoms with Crippen LogP contribution in [0, 0.1) is 11.3 Å². The van der Waals surface area contributed by atoms with Crippen LogP contribution in [-0.4, -0.2) is 36.0 Å². The molecule has 20 heavy (non-hydrogen) atoms. The lowest BCUT2D eigenvalue weighted by atomic mass is 9.78. The monoisotopic (exact) mass is 278 g/mol. The first-order valence-electron chi connectivity index (χ1n) is 8.62. The van der Waals surface area contributed by atoms with E-state index in [2.05, 4.69) is 24.1 Å². The average Bonchev–Trinajstić information content (AvgIpc) is 2.78. The number of nitrogens with one attached hydrogen (secondary N) is 1. The fraction of sp³-hybridized carbons (Fsp3) is 0.941. The van der Waals surface area contributed by atoms with Gasteiger partial charge in [0.2, 0.25) is 5.91 Å². The molecule has 3 heterocycles. The van der Waals surface area contributed by atoms with Crippen molar-refractivity contribution in [2.45, 2.75) is 77.3 Å². The summed E-state index contributed by atoms with van der Waals surface area (Å²) in [7, 11) is 0. The van der Waals surface area contributed by atoms with Crippen molar-refractivity contribution in [3.8, 4) is 0 Å². The van der Waals surface area contributed by atoms with Crippen LogP contribution in [0.2, 0.25) is 0 Å². The summed E-state index contributed by atoms with van der Waals surface area (Å²) in [6.45, 7) is 6.63. The zero-order valence-electron chi connectivity index (χ0n) is 13.2. The molecule has 3 aliphatic heterocycles. The highest BCUT2D eigenvalue weighted by molar-refractivity contribution is 5.76. The molecule has 0 aromatic heterocycles. The van der Waals surface area contributed by atoms with Gasteiger partial charge in [0.05, 0.1) is 0 Å². The van der Waals surface area contributed by atoms with E-state index in [0.717, 1.165) is 19.5 Å². The van der Waals surface area contributed by atoms with Crippen molar-refractivity contribution in [1.82, 2.24) is 10.2 Å². The van der Waals surface area contributed by atoms with Crippen molar-refractivity contribution < 1.29 is 4.79 Å². The molecule has 0 radical (unpaired) electrons. The maximum atomic E-state index is 12.5. The number of carbonyl (C=O) groups is 1. The second kappa shape index (κ2) is 5.67. The Balaban J connectivity index is 1.48. The fourth-order valence-electron chi connectivity index (χ4n) is 4.37. The summed E-state index contributed by atoms with van der Waals surface area (Å²) >= 11 is 0. The smallest absolute Gasteiger partial charge is 0.222 e. The number of rotatable bonds is 3. The molecule has 1 N–H and O–H groups in total. The molecule has 0 saturated carbocycles. The van der Waals surface area contributed by atoms with Crippen LogP contribution in [0.25, 0.3) is 0 Å². The summed E-state index contributed by atoms with van der Waals surface area (Å²) in [4.78, 5) is 14.6. The molecular formula is C17H30N2O. The minimum Gasteiger partial charge on any atom is -0.343 e. The Morgan fingerprint density at radius 2 is 1.80 bits per heavy atom. The van der Waals surface area contributed by atoms with Crippen LogP contribution in [0.5, 0.6) is 0 Å². The maximum absolute atomic E-state index is 12.5. The van der Waals surface area contributed by atoms with Gasteiger partial charge in [-0.25, -0.2) is 0 Å². The van der Waals surface area contributed by atoms with Gasteiger partial charge in [0.25, 0.3) is 0 Å². The summed E-state index contributed by atoms with van der Waals surface area (Å²) < 4.78 is 0. The molecule has 0 aromatic rings. The van der Waals surface area contributed by atoms with E-state index < -0.39 is 0 Å². The van der Waals surface area contributed by atoms with Crippen LogP contribution in [0.4, 0.5) is 0 Å². The van der Waals surface area contributed by atoms with Gasteiger partial charge in [-0.3, -0.25) is 4.79 Å². The third kappa shape index (κ3) is 3.03. The minimum absolute atomic E-state index is 0.425. The van der Waals surface area contributed by atoms with E-state index >= 15 is 0 Å². The Labute approximate surface area is 123 Å². The molecule has 3 heteroatoms. The summed E-state index contributed by atoms with van der Waals surface area (Å²) in [6.07, 6.45) is 9.52. The average molecular weight is 278 g/mol. The second-order valence-corrected chi connectivity index (χ2v) is 7.72. The van der Waals surface area contributed by atoms with Crippen molar-refractivity contribution in [2.75, 3.05) is 13.1 Å². The van der Waals surface area contributed by atoms with E-state index in [1.807, 2.05) is 0 Å². The van der Waals surface area contributed by atoms with Gasteiger partial charge < -0.3 is 10.2 Å². The SMILES string of the molecule is CCC1(C)CCN(C(=O)CC2CC3CCC(C2)N3)CC1. The van der Waals surface area contributed by atoms with Gasteiger partial charge in [0.15, 0.2) is 0 Å². The zero-order chi connectivity index (χ0) is 14.2. The van der Waals surface area contributed by atoms with Crippen molar-refractivity contribution in [3.05, 3.63) is 0 Å². The van der Waals surface area contributed by atoms with Gasteiger partial charge in [-0.05, 0) is 49.9 Å². The number of piperidine rings is 2. The molecule has 0 aromatic carbocycles. The number of hydrogen-bond donors (Lipinski definition) is 1. The molecule has 3 aliphatic rings. The summed E-state index contributed by atoms with van der Waals surface area (Å²) in [6, 6.07) is 1.41. The summed E-state index contributed by atoms with van der Waals surface area (Å²) in [5.41, 5.74) is 0.477. The molecule has 3 saturated heterocycles. The van der Waals surface area contributed by atoms with E-state index in [1.165, 1.54) is 44.9 Å². The fourth-order valence-corrected chi connectivity index (χ4v) is 4.37. The normalized spacial score (nSPS) is 36.1. The van der Waals surface area contributed by atoms with Crippen LogP contribution in [-0.2, 0) is 4.79 Å². The number of hydrogen-bond acceptors (Lipinski definition) is 2. The van der Waals surface area contributed by atoms with Crippen LogP contribution >= 0.6 is 0 Å². The van der Waals surface area contributed by atoms with E-state index in [0.29, 0.717) is 29.3 Å². The predicted molar refractivity (Wildman–Crippen MR) is 81.5 cm³/mol. The Morgan fingerprint density at radius 3 is 2.35 bits per heavy atom. The molecule has 3 rings (SSSR count). The summed E-state index contributed by atoms with van der Waals surface area (Å²) in [5.74, 6) is 1.06. The Hall–Kier alpha value is -0.570. The summed E-state index contributed by atoms with van der Waals surface area (Å²) in [5, 5.41) is 3.67. The molecular weight excluding hydrogens is 248 g/mol. The van der Waals surface area contributed by atoms with Gasteiger partial charge in [-0.2, -0.15) is 0 Å². The van der Waals surface area contributed by atoms with Crippen LogP contribution in [0.3, 0.4) is 0 Å². The van der Waals surface area contributed by atoms with E-state index in [4.69, 9.17) is 0 Å². The largest absolute Gasteiger partial charge is 0.343 e. The van der Waals surface area contributed by atoms with E-state index in [9.17, 15) is 4.79 Å². The molecule has 2 bridgehead atoms. The first-order valence-corrected chi connectivity index (χ1v) is 8.62. The zero-order valence-corrected chi connectivity index (χ0v) is 13.2. The molecule has 114 valence electrons. The van der Waals surface area contributed by atoms with Gasteiger partial charge in [0.1, 0.15) is 0 Å². The van der Waals surface area contributed by atoms with Crippen molar-refractivity contribution in [3.63, 3.8) is 0 Å². The maximum Gasteiger partial charge on any atom is 0.222 e. The van der Waals surface area contributed by atoms with Crippen molar-refractivity contribution >= 4 is 5.91 Å². The second-order valence-electron chi connectivity index (χ2n) is 7.72. The highest BCUT2D eigenvalue weighted by Crippen LogP contribution is 2.36. The minimum atomic E-state index is 0.425. The number of likely N-dealkylation sites (tertiary alicyclic amines) is 1. The molecule has 3 fully saturated rings. The third-order valence-corrected chi connectivity index (χ3v) is 6.21. The molecule has 2 atom stereocenters. The Bertz CT molecular complexity index is 348. The van der Waals surface area contributed by atoms with Crippen molar-refractivity contribution in [1.29, 1.82) is 0 Å². The van der Waals surface area contributed by atoms with Gasteiger partial charge in [-0.1, -0.05) is 20.3 Å². The lowest BCUT2D eigenvalue weighted by molar-refractivity contribution is -0.134. The molecule has 3 nitrogen and oxygen atoms in total. The molecule has 0 aliphatic carbocycles. The number of fused-ring (bicyclic) bond motifs is 2. The first kappa shape index (κ1) is 14.4. The van der Waals surface area contributed by atoms with Crippen molar-refractivity contribution in [2.24, 2.45) is 11.3 Å². The van der Waals surface area contributed by atoms with Crippen LogP contribution in [0.1, 0.15) is 65.2 Å². The molecule has 2 unspecified atom stereocenters. The topological polar surface area (TPSA) is 32.3 Å². The number of amides is 1.